The van der Waals surface area contributed by atoms with Gasteiger partial charge in [0.25, 0.3) is 0 Å². The quantitative estimate of drug-likeness (QED) is 0.396. The zero-order chi connectivity index (χ0) is 19.4. The summed E-state index contributed by atoms with van der Waals surface area (Å²) in [5.74, 6) is 0.384. The van der Waals surface area contributed by atoms with Gasteiger partial charge >= 0.3 is 0 Å². The van der Waals surface area contributed by atoms with Crippen LogP contribution in [0.25, 0.3) is 11.1 Å². The first-order valence-electron chi connectivity index (χ1n) is 8.25. The Hall–Kier alpha value is -3.80. The van der Waals surface area contributed by atoms with Gasteiger partial charge in [-0.3, -0.25) is 15.9 Å². The maximum absolute atomic E-state index is 12.1. The molecule has 3 aromatic rings. The second-order valence-corrected chi connectivity index (χ2v) is 6.09. The summed E-state index contributed by atoms with van der Waals surface area (Å²) in [6, 6.07) is 19.1. The predicted molar refractivity (Wildman–Crippen MR) is 105 cm³/mol. The topological polar surface area (TPSA) is 129 Å². The molecule has 0 atom stereocenters. The molecular formula is C21H19N4O2. The summed E-state index contributed by atoms with van der Waals surface area (Å²) in [7, 11) is 0. The molecule has 27 heavy (non-hydrogen) atoms. The normalized spacial score (nSPS) is 10.4. The van der Waals surface area contributed by atoms with Crippen LogP contribution in [-0.4, -0.2) is 11.7 Å². The van der Waals surface area contributed by atoms with Crippen molar-refractivity contribution in [2.24, 2.45) is 11.5 Å². The fourth-order valence-electron chi connectivity index (χ4n) is 2.70. The molecule has 6 heteroatoms. The molecule has 0 aliphatic heterocycles. The van der Waals surface area contributed by atoms with E-state index in [2.05, 4.69) is 0 Å². The molecule has 1 radical (unpaired) electrons. The summed E-state index contributed by atoms with van der Waals surface area (Å²) in [5, 5.41) is 27.1. The lowest BCUT2D eigenvalue weighted by Crippen LogP contribution is -2.10. The highest BCUT2D eigenvalue weighted by Crippen LogP contribution is 2.27. The van der Waals surface area contributed by atoms with Crippen LogP contribution in [-0.2, 0) is 11.7 Å². The van der Waals surface area contributed by atoms with E-state index in [4.69, 9.17) is 27.0 Å². The van der Waals surface area contributed by atoms with Gasteiger partial charge < -0.3 is 16.2 Å². The van der Waals surface area contributed by atoms with Crippen LogP contribution >= 0.6 is 0 Å². The lowest BCUT2D eigenvalue weighted by atomic mass is 10.0. The van der Waals surface area contributed by atoms with Crippen molar-refractivity contribution in [1.82, 2.24) is 0 Å². The zero-order valence-electron chi connectivity index (χ0n) is 14.5. The second-order valence-electron chi connectivity index (χ2n) is 6.09. The summed E-state index contributed by atoms with van der Waals surface area (Å²) < 4.78 is 5.75. The number of nitrogens with one attached hydrogen (secondary N) is 2. The van der Waals surface area contributed by atoms with Gasteiger partial charge in [0, 0.05) is 11.1 Å². The van der Waals surface area contributed by atoms with Crippen LogP contribution in [0, 0.1) is 10.8 Å². The third-order valence-corrected chi connectivity index (χ3v) is 4.02. The Morgan fingerprint density at radius 1 is 0.815 bits per heavy atom. The van der Waals surface area contributed by atoms with Crippen molar-refractivity contribution in [3.8, 4) is 22.6 Å². The maximum atomic E-state index is 12.1. The fourth-order valence-corrected chi connectivity index (χ4v) is 2.70. The Morgan fingerprint density at radius 3 is 2.19 bits per heavy atom. The first-order chi connectivity index (χ1) is 12.9. The van der Waals surface area contributed by atoms with Crippen molar-refractivity contribution in [2.45, 2.75) is 6.61 Å². The van der Waals surface area contributed by atoms with Crippen LogP contribution in [0.5, 0.6) is 11.5 Å². The first kappa shape index (κ1) is 18.0. The van der Waals surface area contributed by atoms with Crippen LogP contribution in [0.1, 0.15) is 16.7 Å². The Morgan fingerprint density at radius 2 is 1.48 bits per heavy atom. The van der Waals surface area contributed by atoms with Crippen LogP contribution < -0.4 is 16.2 Å². The van der Waals surface area contributed by atoms with Gasteiger partial charge in [0.2, 0.25) is 0 Å². The van der Waals surface area contributed by atoms with Crippen LogP contribution in [0.3, 0.4) is 0 Å². The van der Waals surface area contributed by atoms with Crippen molar-refractivity contribution < 1.29 is 9.84 Å². The molecule has 3 rings (SSSR count). The minimum Gasteiger partial charge on any atom is -0.489 e. The van der Waals surface area contributed by atoms with E-state index in [9.17, 15) is 5.11 Å². The Balaban J connectivity index is 1.83. The van der Waals surface area contributed by atoms with Gasteiger partial charge in [-0.15, -0.1) is 0 Å². The van der Waals surface area contributed by atoms with Gasteiger partial charge in [-0.1, -0.05) is 30.3 Å². The summed E-state index contributed by atoms with van der Waals surface area (Å²) in [4.78, 5) is 0. The molecular weight excluding hydrogens is 340 g/mol. The second kappa shape index (κ2) is 7.61. The highest BCUT2D eigenvalue weighted by Gasteiger charge is 2.07. The third-order valence-electron chi connectivity index (χ3n) is 4.02. The number of rotatable bonds is 6. The molecule has 0 heterocycles. The SMILES string of the molecule is N=C(N)c1cccc(OCc2cc([O])cc(-c3cccc(C(=N)N)c3)c2)c1. The van der Waals surface area contributed by atoms with E-state index in [1.807, 2.05) is 12.1 Å². The van der Waals surface area contributed by atoms with Gasteiger partial charge in [0.05, 0.1) is 0 Å². The molecule has 135 valence electrons. The number of amidine groups is 2. The first-order valence-corrected chi connectivity index (χ1v) is 8.25. The number of nitrogens with two attached hydrogens (primary N) is 2. The Bertz CT molecular complexity index is 1010. The highest BCUT2D eigenvalue weighted by molar-refractivity contribution is 5.96. The van der Waals surface area contributed by atoms with E-state index in [1.54, 1.807) is 48.5 Å². The molecule has 0 saturated heterocycles. The zero-order valence-corrected chi connectivity index (χ0v) is 14.5. The van der Waals surface area contributed by atoms with Crippen LogP contribution in [0.15, 0.2) is 66.7 Å². The molecule has 0 bridgehead atoms. The van der Waals surface area contributed by atoms with Gasteiger partial charge in [-0.25, -0.2) is 0 Å². The van der Waals surface area contributed by atoms with E-state index >= 15 is 0 Å². The van der Waals surface area contributed by atoms with E-state index in [1.165, 1.54) is 6.07 Å². The molecule has 0 fully saturated rings. The van der Waals surface area contributed by atoms with Gasteiger partial charge in [0.1, 0.15) is 24.0 Å². The number of benzene rings is 3. The molecule has 0 aliphatic carbocycles. The largest absolute Gasteiger partial charge is 0.489 e. The highest BCUT2D eigenvalue weighted by atomic mass is 16.5. The van der Waals surface area contributed by atoms with E-state index < -0.39 is 0 Å². The maximum Gasteiger partial charge on any atom is 0.179 e. The van der Waals surface area contributed by atoms with Crippen molar-refractivity contribution in [2.75, 3.05) is 0 Å². The summed E-state index contributed by atoms with van der Waals surface area (Å²) >= 11 is 0. The molecule has 3 aromatic carbocycles. The molecule has 0 aromatic heterocycles. The fraction of sp³-hybridized carbons (Fsp3) is 0.0476. The van der Waals surface area contributed by atoms with Gasteiger partial charge in [-0.2, -0.15) is 0 Å². The van der Waals surface area contributed by atoms with Crippen molar-refractivity contribution >= 4 is 11.7 Å². The van der Waals surface area contributed by atoms with Crippen molar-refractivity contribution in [3.05, 3.63) is 83.4 Å². The minimum atomic E-state index is -0.128. The summed E-state index contributed by atoms with van der Waals surface area (Å²) in [6.45, 7) is 0.205. The molecule has 0 saturated carbocycles. The van der Waals surface area contributed by atoms with Crippen LogP contribution in [0.4, 0.5) is 0 Å². The van der Waals surface area contributed by atoms with E-state index in [-0.39, 0.29) is 24.0 Å². The van der Waals surface area contributed by atoms with Crippen molar-refractivity contribution in [3.63, 3.8) is 0 Å². The molecule has 0 amide bonds. The molecule has 0 spiro atoms. The van der Waals surface area contributed by atoms with Gasteiger partial charge in [0.15, 0.2) is 5.75 Å². The van der Waals surface area contributed by atoms with Crippen molar-refractivity contribution in [1.29, 1.82) is 10.8 Å². The smallest absolute Gasteiger partial charge is 0.179 e. The summed E-state index contributed by atoms with van der Waals surface area (Å²) in [6.07, 6.45) is 0. The molecule has 6 N–H and O–H groups in total. The third kappa shape index (κ3) is 4.43. The number of hydrogen-bond acceptors (Lipinski definition) is 3. The Labute approximate surface area is 157 Å². The predicted octanol–water partition coefficient (Wildman–Crippen LogP) is 3.64. The lowest BCUT2D eigenvalue weighted by Gasteiger charge is -2.10. The molecule has 0 aliphatic rings. The number of hydrogen-bond donors (Lipinski definition) is 4. The molecule has 0 unspecified atom stereocenters. The van der Waals surface area contributed by atoms with E-state index in [0.717, 1.165) is 16.7 Å². The van der Waals surface area contributed by atoms with Gasteiger partial charge in [-0.05, 0) is 53.1 Å². The molecule has 6 nitrogen and oxygen atoms in total. The Kier molecular flexibility index (Phi) is 5.08. The number of nitrogen functional groups attached to an aromatic ring is 2. The number of ether oxygens (including phenoxy) is 1. The van der Waals surface area contributed by atoms with Crippen LogP contribution in [0.2, 0.25) is 0 Å². The average molecular weight is 359 g/mol. The van der Waals surface area contributed by atoms with E-state index in [0.29, 0.717) is 16.9 Å². The standard InChI is InChI=1S/C21H19N4O2/c22-20(23)15-4-1-3-14(9-15)17-7-13(8-18(26)10-17)12-27-19-6-2-5-16(11-19)21(24)25/h1-11H,12H2,(H3,22,23)(H3,24,25). The average Bonchev–Trinajstić information content (AvgIpc) is 2.66. The summed E-state index contributed by atoms with van der Waals surface area (Å²) in [5.41, 5.74) is 14.5. The minimum absolute atomic E-state index is 0.0240. The lowest BCUT2D eigenvalue weighted by molar-refractivity contribution is 0.303. The monoisotopic (exact) mass is 359 g/mol.